The van der Waals surface area contributed by atoms with Crippen molar-refractivity contribution in [2.24, 2.45) is 0 Å². The van der Waals surface area contributed by atoms with Crippen LogP contribution in [0.25, 0.3) is 16.7 Å². The molecule has 0 bridgehead atoms. The molecule has 5 nitrogen and oxygen atoms in total. The molecule has 0 unspecified atom stereocenters. The van der Waals surface area contributed by atoms with E-state index in [1.165, 1.54) is 6.07 Å². The van der Waals surface area contributed by atoms with Crippen molar-refractivity contribution in [1.29, 1.82) is 0 Å². The minimum absolute atomic E-state index is 0.177. The zero-order valence-electron chi connectivity index (χ0n) is 13.3. The molecule has 0 saturated carbocycles. The number of aromatic nitrogens is 3. The van der Waals surface area contributed by atoms with Gasteiger partial charge in [-0.25, -0.2) is 14.5 Å². The Morgan fingerprint density at radius 2 is 1.92 bits per heavy atom. The van der Waals surface area contributed by atoms with E-state index in [2.05, 4.69) is 30.3 Å². The van der Waals surface area contributed by atoms with Gasteiger partial charge >= 0.3 is 39.3 Å². The Bertz CT molecular complexity index is 872. The van der Waals surface area contributed by atoms with Crippen molar-refractivity contribution in [3.05, 3.63) is 52.8 Å². The van der Waals surface area contributed by atoms with E-state index in [9.17, 15) is 4.79 Å². The van der Waals surface area contributed by atoms with Gasteiger partial charge in [0.1, 0.15) is 0 Å². The van der Waals surface area contributed by atoms with Gasteiger partial charge in [-0.05, 0) is 32.0 Å². The van der Waals surface area contributed by atoms with E-state index in [0.29, 0.717) is 10.7 Å². The first-order valence-corrected chi connectivity index (χ1v) is 10.1. The van der Waals surface area contributed by atoms with Gasteiger partial charge in [-0.3, -0.25) is 0 Å². The predicted octanol–water partition coefficient (Wildman–Crippen LogP) is 4.94. The molecule has 0 fully saturated rings. The Balaban J connectivity index is 0.000000701. The molecule has 0 radical (unpaired) electrons. The summed E-state index contributed by atoms with van der Waals surface area (Å²) in [5, 5.41) is 5.66. The number of hydrogen-bond acceptors (Lipinski definition) is 4. The third-order valence-corrected chi connectivity index (χ3v) is 3.55. The molecule has 0 amide bonds. The fourth-order valence-electron chi connectivity index (χ4n) is 2.30. The maximum absolute atomic E-state index is 11.9. The maximum atomic E-state index is 11.9. The second-order valence-electron chi connectivity index (χ2n) is 4.78. The number of carbonyl (C=O) groups excluding carboxylic acids is 1. The zero-order valence-corrected chi connectivity index (χ0v) is 16.5. The molecular formula is C16H14Cl3CuN3O2. The average molecular weight is 450 g/mol. The van der Waals surface area contributed by atoms with Crippen molar-refractivity contribution < 1.29 is 22.7 Å². The standard InChI is InChI=1S/C16H14ClN3O2.2ClH.Cu/c1-3-22-16(21)13-9-12(17)14-10(2)19-20(15(14)18-13)11-7-5-4-6-8-11;;;/h4-9H,3H2,1-2H3;2*1H;/q;;;+2/p-2. The van der Waals surface area contributed by atoms with Crippen molar-refractivity contribution in [1.82, 2.24) is 14.8 Å². The van der Waals surface area contributed by atoms with Gasteiger partial charge in [0.2, 0.25) is 0 Å². The van der Waals surface area contributed by atoms with Gasteiger partial charge in [-0.15, -0.1) is 0 Å². The molecule has 3 aromatic rings. The number of hydrogen-bond donors (Lipinski definition) is 0. The monoisotopic (exact) mass is 448 g/mol. The van der Waals surface area contributed by atoms with E-state index in [1.807, 2.05) is 37.3 Å². The molecule has 0 aliphatic heterocycles. The van der Waals surface area contributed by atoms with Crippen LogP contribution in [0, 0.1) is 6.92 Å². The van der Waals surface area contributed by atoms with Crippen molar-refractivity contribution in [2.75, 3.05) is 6.61 Å². The summed E-state index contributed by atoms with van der Waals surface area (Å²) in [5.41, 5.74) is 2.33. The summed E-state index contributed by atoms with van der Waals surface area (Å²) in [6.45, 7) is 3.89. The second kappa shape index (κ2) is 9.41. The molecule has 2 aromatic heterocycles. The summed E-state index contributed by atoms with van der Waals surface area (Å²) in [6.07, 6.45) is 0. The van der Waals surface area contributed by atoms with E-state index < -0.39 is 5.97 Å². The quantitative estimate of drug-likeness (QED) is 0.419. The van der Waals surface area contributed by atoms with Crippen LogP contribution in [-0.4, -0.2) is 27.3 Å². The number of fused-ring (bicyclic) bond motifs is 1. The molecule has 0 atom stereocenters. The van der Waals surface area contributed by atoms with Gasteiger partial charge in [-0.1, -0.05) is 29.8 Å². The van der Waals surface area contributed by atoms with Crippen LogP contribution in [0.15, 0.2) is 36.4 Å². The van der Waals surface area contributed by atoms with E-state index in [0.717, 1.165) is 29.9 Å². The van der Waals surface area contributed by atoms with Crippen LogP contribution in [-0.2, 0) is 17.9 Å². The van der Waals surface area contributed by atoms with Crippen LogP contribution >= 0.6 is 31.8 Å². The zero-order chi connectivity index (χ0) is 18.4. The molecule has 0 saturated heterocycles. The number of rotatable bonds is 3. The molecule has 1 aromatic carbocycles. The third kappa shape index (κ3) is 4.66. The third-order valence-electron chi connectivity index (χ3n) is 3.25. The number of aryl methyl sites for hydroxylation is 1. The van der Waals surface area contributed by atoms with Crippen molar-refractivity contribution >= 4 is 48.8 Å². The van der Waals surface area contributed by atoms with Crippen molar-refractivity contribution in [3.8, 4) is 5.69 Å². The van der Waals surface area contributed by atoms with Gasteiger partial charge in [0.05, 0.1) is 28.4 Å². The van der Waals surface area contributed by atoms with Crippen molar-refractivity contribution in [3.63, 3.8) is 0 Å². The molecule has 3 rings (SSSR count). The second-order valence-corrected chi connectivity index (χ2v) is 6.75. The van der Waals surface area contributed by atoms with Crippen LogP contribution in [0.1, 0.15) is 23.1 Å². The Morgan fingerprint density at radius 1 is 1.28 bits per heavy atom. The van der Waals surface area contributed by atoms with Crippen LogP contribution in [0.5, 0.6) is 0 Å². The average Bonchev–Trinajstić information content (AvgIpc) is 2.94. The number of para-hydroxylation sites is 1. The number of carbonyl (C=O) groups is 1. The summed E-state index contributed by atoms with van der Waals surface area (Å²) < 4.78 is 6.67. The first-order valence-electron chi connectivity index (χ1n) is 7.13. The molecule has 9 heteroatoms. The summed E-state index contributed by atoms with van der Waals surface area (Å²) in [5.74, 6) is -0.496. The van der Waals surface area contributed by atoms with E-state index in [1.54, 1.807) is 11.6 Å². The molecule has 2 heterocycles. The fourth-order valence-corrected chi connectivity index (χ4v) is 2.62. The summed E-state index contributed by atoms with van der Waals surface area (Å²) >= 11 is 7.07. The van der Waals surface area contributed by atoms with Gasteiger partial charge < -0.3 is 4.74 Å². The van der Waals surface area contributed by atoms with Gasteiger partial charge in [0, 0.05) is 0 Å². The van der Waals surface area contributed by atoms with Gasteiger partial charge in [0.15, 0.2) is 11.3 Å². The molecule has 0 N–H and O–H groups in total. The Hall–Kier alpha value is -1.30. The SMILES string of the molecule is CCOC(=O)c1cc(Cl)c2c(C)nn(-c3ccccc3)c2n1.[Cl][Cu][Cl]. The number of benzene rings is 1. The topological polar surface area (TPSA) is 57.0 Å². The Kier molecular flexibility index (Phi) is 7.54. The summed E-state index contributed by atoms with van der Waals surface area (Å²) in [7, 11) is 9.34. The Morgan fingerprint density at radius 3 is 2.52 bits per heavy atom. The fraction of sp³-hybridized carbons (Fsp3) is 0.188. The molecule has 0 aliphatic carbocycles. The molecule has 25 heavy (non-hydrogen) atoms. The van der Waals surface area contributed by atoms with Crippen LogP contribution in [0.2, 0.25) is 5.02 Å². The minimum atomic E-state index is -0.496. The summed E-state index contributed by atoms with van der Waals surface area (Å²) in [6, 6.07) is 11.1. The first kappa shape index (κ1) is 20.0. The van der Waals surface area contributed by atoms with Gasteiger partial charge in [-0.2, -0.15) is 5.10 Å². The first-order chi connectivity index (χ1) is 12.0. The molecule has 137 valence electrons. The van der Waals surface area contributed by atoms with Crippen LogP contribution in [0.3, 0.4) is 0 Å². The number of pyridine rings is 1. The van der Waals surface area contributed by atoms with E-state index in [-0.39, 0.29) is 12.3 Å². The molecular weight excluding hydrogens is 436 g/mol. The van der Waals surface area contributed by atoms with Crippen LogP contribution < -0.4 is 0 Å². The van der Waals surface area contributed by atoms with E-state index >= 15 is 0 Å². The Labute approximate surface area is 164 Å². The molecule has 0 spiro atoms. The number of halogens is 3. The van der Waals surface area contributed by atoms with Crippen molar-refractivity contribution in [2.45, 2.75) is 13.8 Å². The van der Waals surface area contributed by atoms with Crippen LogP contribution in [0.4, 0.5) is 0 Å². The predicted molar refractivity (Wildman–Crippen MR) is 96.3 cm³/mol. The van der Waals surface area contributed by atoms with E-state index in [4.69, 9.17) is 16.3 Å². The number of esters is 1. The van der Waals surface area contributed by atoms with Gasteiger partial charge in [0.25, 0.3) is 0 Å². The molecule has 0 aliphatic rings. The number of nitrogens with zero attached hydrogens (tertiary/aromatic N) is 3. The summed E-state index contributed by atoms with van der Waals surface area (Å²) in [4.78, 5) is 16.3. The number of ether oxygens (including phenoxy) is 1. The normalized spacial score (nSPS) is 10.4.